The maximum Gasteiger partial charge on any atom is 0.168 e. The van der Waals surface area contributed by atoms with Crippen LogP contribution >= 0.6 is 0 Å². The van der Waals surface area contributed by atoms with Crippen LogP contribution < -0.4 is 0 Å². The van der Waals surface area contributed by atoms with E-state index < -0.39 is 5.60 Å². The summed E-state index contributed by atoms with van der Waals surface area (Å²) in [4.78, 5) is 0. The average molecular weight is 308 g/mol. The molecule has 0 aliphatic carbocycles. The Bertz CT molecular complexity index is 611. The molecule has 2 aromatic carbocycles. The van der Waals surface area contributed by atoms with Gasteiger partial charge in [-0.3, -0.25) is 0 Å². The van der Waals surface area contributed by atoms with Crippen LogP contribution in [0.1, 0.15) is 24.5 Å². The van der Waals surface area contributed by atoms with Crippen LogP contribution in [0.4, 0.5) is 0 Å². The van der Waals surface area contributed by atoms with Crippen molar-refractivity contribution in [1.82, 2.24) is 0 Å². The van der Waals surface area contributed by atoms with Gasteiger partial charge in [0.25, 0.3) is 0 Å². The molecular weight excluding hydrogens is 282 g/mol. The van der Waals surface area contributed by atoms with E-state index in [0.29, 0.717) is 6.42 Å². The lowest BCUT2D eigenvalue weighted by Gasteiger charge is -2.60. The molecule has 1 saturated heterocycles. The molecule has 0 unspecified atom stereocenters. The summed E-state index contributed by atoms with van der Waals surface area (Å²) in [6.07, 6.45) is 2.51. The van der Waals surface area contributed by atoms with Crippen LogP contribution in [0.3, 0.4) is 0 Å². The first-order valence-corrected chi connectivity index (χ1v) is 8.35. The van der Waals surface area contributed by atoms with Crippen molar-refractivity contribution in [3.63, 3.8) is 0 Å². The zero-order chi connectivity index (χ0) is 16.3. The molecule has 1 N–H and O–H groups in total. The van der Waals surface area contributed by atoms with Crippen molar-refractivity contribution >= 4 is 0 Å². The van der Waals surface area contributed by atoms with Crippen molar-refractivity contribution in [2.45, 2.75) is 38.1 Å². The Morgan fingerprint density at radius 3 is 1.91 bits per heavy atom. The standard InChI is InChI=1S/C21H26NO/c1-3-14-21(23)17-22(18(21)2,15-19-10-6-4-7-11-19)16-20-12-8-5-9-13-20/h3-13,18,23H,1,14-17H2,2H3/q+1/t18-,21-/m0/s1. The minimum atomic E-state index is -0.620. The van der Waals surface area contributed by atoms with Gasteiger partial charge in [-0.05, 0) is 6.92 Å². The van der Waals surface area contributed by atoms with Crippen molar-refractivity contribution in [3.8, 4) is 0 Å². The summed E-state index contributed by atoms with van der Waals surface area (Å²) in [6.45, 7) is 8.68. The predicted molar refractivity (Wildman–Crippen MR) is 94.6 cm³/mol. The quantitative estimate of drug-likeness (QED) is 0.633. The normalized spacial score (nSPS) is 25.6. The van der Waals surface area contributed by atoms with Crippen LogP contribution in [0.2, 0.25) is 0 Å². The van der Waals surface area contributed by atoms with E-state index in [1.807, 2.05) is 6.08 Å². The number of nitrogens with zero attached hydrogens (tertiary/aromatic N) is 1. The van der Waals surface area contributed by atoms with E-state index in [2.05, 4.69) is 74.2 Å². The van der Waals surface area contributed by atoms with Crippen LogP contribution in [0.25, 0.3) is 0 Å². The van der Waals surface area contributed by atoms with Gasteiger partial charge >= 0.3 is 0 Å². The highest BCUT2D eigenvalue weighted by atomic mass is 16.3. The molecule has 1 heterocycles. The maximum atomic E-state index is 10.9. The van der Waals surface area contributed by atoms with Gasteiger partial charge in [-0.1, -0.05) is 66.7 Å². The third kappa shape index (κ3) is 3.10. The predicted octanol–water partition coefficient (Wildman–Crippen LogP) is 3.91. The second-order valence-electron chi connectivity index (χ2n) is 6.94. The lowest BCUT2D eigenvalue weighted by atomic mass is 9.77. The number of benzene rings is 2. The summed E-state index contributed by atoms with van der Waals surface area (Å²) in [5.41, 5.74) is 2.04. The molecule has 23 heavy (non-hydrogen) atoms. The van der Waals surface area contributed by atoms with E-state index in [1.54, 1.807) is 0 Å². The maximum absolute atomic E-state index is 10.9. The fourth-order valence-electron chi connectivity index (χ4n) is 4.03. The number of hydrogen-bond acceptors (Lipinski definition) is 1. The molecule has 2 aromatic rings. The van der Waals surface area contributed by atoms with Crippen LogP contribution in [0.15, 0.2) is 73.3 Å². The van der Waals surface area contributed by atoms with Crippen molar-refractivity contribution in [2.24, 2.45) is 0 Å². The van der Waals surface area contributed by atoms with Crippen LogP contribution in [0.5, 0.6) is 0 Å². The van der Waals surface area contributed by atoms with Crippen LogP contribution in [-0.4, -0.2) is 27.8 Å². The average Bonchev–Trinajstić information content (AvgIpc) is 2.56. The second kappa shape index (κ2) is 6.31. The van der Waals surface area contributed by atoms with Gasteiger partial charge in [0, 0.05) is 17.5 Å². The SMILES string of the molecule is C=CC[C@]1(O)C[N+](Cc2ccccc2)(Cc2ccccc2)[C@H]1C. The first kappa shape index (κ1) is 16.0. The highest BCUT2D eigenvalue weighted by Crippen LogP contribution is 2.43. The molecule has 0 aromatic heterocycles. The van der Waals surface area contributed by atoms with E-state index in [4.69, 9.17) is 0 Å². The molecule has 0 saturated carbocycles. The highest BCUT2D eigenvalue weighted by Gasteiger charge is 2.61. The molecule has 0 amide bonds. The van der Waals surface area contributed by atoms with Crippen molar-refractivity contribution in [2.75, 3.05) is 6.54 Å². The molecule has 2 heteroatoms. The Kier molecular flexibility index (Phi) is 4.38. The monoisotopic (exact) mass is 308 g/mol. The van der Waals surface area contributed by atoms with Gasteiger partial charge in [0.05, 0.1) is 0 Å². The molecule has 2 nitrogen and oxygen atoms in total. The van der Waals surface area contributed by atoms with E-state index in [1.165, 1.54) is 11.1 Å². The fourth-order valence-corrected chi connectivity index (χ4v) is 4.03. The topological polar surface area (TPSA) is 20.2 Å². The summed E-state index contributed by atoms with van der Waals surface area (Å²) in [7, 11) is 0. The zero-order valence-corrected chi connectivity index (χ0v) is 13.9. The molecule has 120 valence electrons. The minimum Gasteiger partial charge on any atom is -0.378 e. The molecule has 2 atom stereocenters. The minimum absolute atomic E-state index is 0.195. The lowest BCUT2D eigenvalue weighted by molar-refractivity contribution is -1.03. The van der Waals surface area contributed by atoms with Gasteiger partial charge in [0.1, 0.15) is 25.7 Å². The Hall–Kier alpha value is -1.90. The van der Waals surface area contributed by atoms with E-state index in [-0.39, 0.29) is 6.04 Å². The van der Waals surface area contributed by atoms with E-state index in [0.717, 1.165) is 24.1 Å². The second-order valence-corrected chi connectivity index (χ2v) is 6.94. The van der Waals surface area contributed by atoms with Gasteiger partial charge in [-0.2, -0.15) is 0 Å². The molecule has 1 fully saturated rings. The molecule has 0 spiro atoms. The van der Waals surface area contributed by atoms with Gasteiger partial charge in [0.15, 0.2) is 5.60 Å². The molecule has 3 rings (SSSR count). The fraction of sp³-hybridized carbons (Fsp3) is 0.333. The number of quaternary nitrogens is 1. The highest BCUT2D eigenvalue weighted by molar-refractivity contribution is 5.17. The lowest BCUT2D eigenvalue weighted by Crippen LogP contribution is -2.78. The number of aliphatic hydroxyl groups is 1. The van der Waals surface area contributed by atoms with Crippen LogP contribution in [0, 0.1) is 0 Å². The largest absolute Gasteiger partial charge is 0.378 e. The first-order valence-electron chi connectivity index (χ1n) is 8.35. The number of rotatable bonds is 6. The molecule has 1 aliphatic rings. The Morgan fingerprint density at radius 1 is 1.04 bits per heavy atom. The summed E-state index contributed by atoms with van der Waals surface area (Å²) in [6, 6.07) is 21.4. The first-order chi connectivity index (χ1) is 11.1. The van der Waals surface area contributed by atoms with Crippen LogP contribution in [-0.2, 0) is 13.1 Å². The van der Waals surface area contributed by atoms with E-state index in [9.17, 15) is 5.11 Å². The van der Waals surface area contributed by atoms with Crippen molar-refractivity contribution in [3.05, 3.63) is 84.4 Å². The van der Waals surface area contributed by atoms with Gasteiger partial charge < -0.3 is 9.59 Å². The summed E-state index contributed by atoms with van der Waals surface area (Å²) in [5.74, 6) is 0. The Labute approximate surface area is 139 Å². The molecule has 0 bridgehead atoms. The number of likely N-dealkylation sites (tertiary alicyclic amines) is 1. The third-order valence-corrected chi connectivity index (χ3v) is 5.37. The summed E-state index contributed by atoms with van der Waals surface area (Å²) >= 11 is 0. The smallest absolute Gasteiger partial charge is 0.168 e. The molecule has 0 radical (unpaired) electrons. The Balaban J connectivity index is 1.87. The van der Waals surface area contributed by atoms with E-state index >= 15 is 0 Å². The zero-order valence-electron chi connectivity index (χ0n) is 13.9. The number of hydrogen-bond donors (Lipinski definition) is 1. The third-order valence-electron chi connectivity index (χ3n) is 5.37. The Morgan fingerprint density at radius 2 is 1.52 bits per heavy atom. The van der Waals surface area contributed by atoms with Gasteiger partial charge in [-0.25, -0.2) is 0 Å². The molecule has 1 aliphatic heterocycles. The summed E-state index contributed by atoms with van der Waals surface area (Å²) in [5, 5.41) is 10.9. The summed E-state index contributed by atoms with van der Waals surface area (Å²) < 4.78 is 0.901. The van der Waals surface area contributed by atoms with Crippen molar-refractivity contribution in [1.29, 1.82) is 0 Å². The van der Waals surface area contributed by atoms with Gasteiger partial charge in [-0.15, -0.1) is 6.58 Å². The van der Waals surface area contributed by atoms with Gasteiger partial charge in [0.2, 0.25) is 0 Å². The molecular formula is C21H26NO+. The van der Waals surface area contributed by atoms with Crippen molar-refractivity contribution < 1.29 is 9.59 Å².